The van der Waals surface area contributed by atoms with Crippen LogP contribution in [0, 0.1) is 5.82 Å². The van der Waals surface area contributed by atoms with Gasteiger partial charge in [0.2, 0.25) is 0 Å². The summed E-state index contributed by atoms with van der Waals surface area (Å²) in [6.07, 6.45) is 3.52. The third kappa shape index (κ3) is 4.85. The molecule has 1 saturated carbocycles. The molecule has 44 heavy (non-hydrogen) atoms. The molecule has 9 nitrogen and oxygen atoms in total. The number of ether oxygens (including phenoxy) is 2. The van der Waals surface area contributed by atoms with Gasteiger partial charge < -0.3 is 14.4 Å². The summed E-state index contributed by atoms with van der Waals surface area (Å²) in [6.45, 7) is 5.83. The summed E-state index contributed by atoms with van der Waals surface area (Å²) in [5.41, 5.74) is -2.77. The second-order valence-corrected chi connectivity index (χ2v) is 14.4. The summed E-state index contributed by atoms with van der Waals surface area (Å²) in [4.78, 5) is 31.7. The Morgan fingerprint density at radius 3 is 2.61 bits per heavy atom. The first kappa shape index (κ1) is 29.8. The number of alkyl halides is 1. The summed E-state index contributed by atoms with van der Waals surface area (Å²) in [5.74, 6) is -0.630. The van der Waals surface area contributed by atoms with E-state index >= 15 is 4.39 Å². The third-order valence-electron chi connectivity index (χ3n) is 10.00. The van der Waals surface area contributed by atoms with Crippen molar-refractivity contribution < 1.29 is 31.8 Å². The van der Waals surface area contributed by atoms with Gasteiger partial charge >= 0.3 is 12.1 Å². The lowest BCUT2D eigenvalue weighted by Gasteiger charge is -2.47. The summed E-state index contributed by atoms with van der Waals surface area (Å²) in [7, 11) is 0. The molecule has 14 heteroatoms. The van der Waals surface area contributed by atoms with Crippen molar-refractivity contribution in [1.82, 2.24) is 24.8 Å². The molecule has 2 unspecified atom stereocenters. The highest BCUT2D eigenvalue weighted by atomic mass is 35.5. The highest BCUT2D eigenvalue weighted by molar-refractivity contribution is 6.30. The maximum absolute atomic E-state index is 15.4. The standard InChI is InChI=1S/C30H35ClF4N6O3/c1-27(2,3)44-26(42)41-18-4-5-29(41,11-20(33)34)15-39(14-18)24-19-12-36-23(31)21(35)22(19)37-25(38-24)43-16-30-9-8-28(6-7-28)40(30)13-17(32)10-30/h11-12,17-18H,4-10,13-16H2,1-3H3/t17-,18?,29?,30+/m0/s1. The van der Waals surface area contributed by atoms with Crippen LogP contribution < -0.4 is 9.64 Å². The molecule has 4 aliphatic heterocycles. The average Bonchev–Trinajstić information content (AvgIpc) is 3.50. The molecule has 5 fully saturated rings. The molecule has 4 saturated heterocycles. The molecule has 6 heterocycles. The second kappa shape index (κ2) is 10.0. The minimum Gasteiger partial charge on any atom is -0.461 e. The molecule has 4 atom stereocenters. The van der Waals surface area contributed by atoms with Gasteiger partial charge in [-0.15, -0.1) is 0 Å². The molecule has 1 amide bonds. The van der Waals surface area contributed by atoms with E-state index in [4.69, 9.17) is 21.1 Å². The topological polar surface area (TPSA) is 83.9 Å². The molecule has 1 aliphatic carbocycles. The van der Waals surface area contributed by atoms with Gasteiger partial charge in [0.15, 0.2) is 11.0 Å². The number of amides is 1. The lowest BCUT2D eigenvalue weighted by Crippen LogP contribution is -2.63. The van der Waals surface area contributed by atoms with Gasteiger partial charge in [0.05, 0.1) is 22.5 Å². The van der Waals surface area contributed by atoms with Gasteiger partial charge in [-0.2, -0.15) is 18.7 Å². The van der Waals surface area contributed by atoms with E-state index in [-0.39, 0.29) is 59.5 Å². The zero-order valence-corrected chi connectivity index (χ0v) is 25.6. The van der Waals surface area contributed by atoms with Crippen LogP contribution in [0.4, 0.5) is 28.2 Å². The maximum atomic E-state index is 15.4. The molecule has 1 spiro atoms. The first-order chi connectivity index (χ1) is 20.7. The Labute approximate surface area is 257 Å². The Morgan fingerprint density at radius 1 is 1.16 bits per heavy atom. The largest absolute Gasteiger partial charge is 0.461 e. The van der Waals surface area contributed by atoms with Crippen molar-refractivity contribution in [3.8, 4) is 6.01 Å². The van der Waals surface area contributed by atoms with Gasteiger partial charge in [0.1, 0.15) is 29.7 Å². The van der Waals surface area contributed by atoms with Crippen molar-refractivity contribution in [2.45, 2.75) is 100 Å². The lowest BCUT2D eigenvalue weighted by atomic mass is 9.94. The Hall–Kier alpha value is -2.93. The number of hydrogen-bond donors (Lipinski definition) is 0. The Kier molecular flexibility index (Phi) is 6.79. The minimum atomic E-state index is -1.92. The highest BCUT2D eigenvalue weighted by Crippen LogP contribution is 2.59. The van der Waals surface area contributed by atoms with E-state index in [2.05, 4.69) is 19.9 Å². The molecule has 7 rings (SSSR count). The predicted octanol–water partition coefficient (Wildman–Crippen LogP) is 6.04. The van der Waals surface area contributed by atoms with Crippen molar-refractivity contribution >= 4 is 34.4 Å². The van der Waals surface area contributed by atoms with E-state index in [1.807, 2.05) is 0 Å². The van der Waals surface area contributed by atoms with Gasteiger partial charge in [-0.25, -0.2) is 18.6 Å². The number of fused-ring (bicyclic) bond motifs is 5. The Bertz CT molecular complexity index is 1550. The minimum absolute atomic E-state index is 0.0471. The van der Waals surface area contributed by atoms with Gasteiger partial charge in [-0.1, -0.05) is 11.6 Å². The fourth-order valence-corrected chi connectivity index (χ4v) is 8.23. The van der Waals surface area contributed by atoms with Crippen molar-refractivity contribution in [3.05, 3.63) is 29.3 Å². The van der Waals surface area contributed by atoms with Crippen LogP contribution in [0.5, 0.6) is 6.01 Å². The number of carbonyl (C=O) groups excluding carboxylic acids is 1. The van der Waals surface area contributed by atoms with Gasteiger partial charge in [-0.05, 0) is 59.3 Å². The summed E-state index contributed by atoms with van der Waals surface area (Å²) >= 11 is 6.03. The summed E-state index contributed by atoms with van der Waals surface area (Å²) in [6, 6.07) is -0.598. The smallest absolute Gasteiger partial charge is 0.411 e. The molecule has 0 radical (unpaired) electrons. The van der Waals surface area contributed by atoms with E-state index in [0.29, 0.717) is 19.4 Å². The lowest BCUT2D eigenvalue weighted by molar-refractivity contribution is 0.00167. The molecular weight excluding hydrogens is 604 g/mol. The molecule has 5 aliphatic rings. The number of halogens is 5. The number of nitrogens with zero attached hydrogens (tertiary/aromatic N) is 6. The fraction of sp³-hybridized carbons (Fsp3) is 0.667. The van der Waals surface area contributed by atoms with E-state index in [1.165, 1.54) is 11.1 Å². The van der Waals surface area contributed by atoms with Crippen LogP contribution in [0.25, 0.3) is 10.9 Å². The molecule has 2 aromatic rings. The predicted molar refractivity (Wildman–Crippen MR) is 154 cm³/mol. The maximum Gasteiger partial charge on any atom is 0.411 e. The van der Waals surface area contributed by atoms with Crippen molar-refractivity contribution in [2.75, 3.05) is 31.1 Å². The van der Waals surface area contributed by atoms with E-state index in [1.54, 1.807) is 25.7 Å². The molecule has 0 N–H and O–H groups in total. The molecule has 238 valence electrons. The number of carbonyl (C=O) groups is 1. The van der Waals surface area contributed by atoms with Crippen molar-refractivity contribution in [1.29, 1.82) is 0 Å². The molecule has 2 aromatic heterocycles. The summed E-state index contributed by atoms with van der Waals surface area (Å²) < 4.78 is 69.7. The molecular formula is C30H35ClF4N6O3. The number of aromatic nitrogens is 3. The highest BCUT2D eigenvalue weighted by Gasteiger charge is 2.64. The Morgan fingerprint density at radius 2 is 1.91 bits per heavy atom. The van der Waals surface area contributed by atoms with Gasteiger partial charge in [0.25, 0.3) is 6.08 Å². The third-order valence-corrected chi connectivity index (χ3v) is 10.3. The van der Waals surface area contributed by atoms with Crippen LogP contribution in [-0.2, 0) is 4.74 Å². The monoisotopic (exact) mass is 638 g/mol. The van der Waals surface area contributed by atoms with Gasteiger partial charge in [0, 0.05) is 43.9 Å². The van der Waals surface area contributed by atoms with Crippen LogP contribution in [-0.4, -0.2) is 91.5 Å². The van der Waals surface area contributed by atoms with Gasteiger partial charge in [-0.3, -0.25) is 9.80 Å². The molecule has 0 aromatic carbocycles. The van der Waals surface area contributed by atoms with Crippen molar-refractivity contribution in [3.63, 3.8) is 0 Å². The Balaban J connectivity index is 1.24. The zero-order chi connectivity index (χ0) is 31.2. The first-order valence-electron chi connectivity index (χ1n) is 15.1. The number of anilines is 1. The molecule has 2 bridgehead atoms. The summed E-state index contributed by atoms with van der Waals surface area (Å²) in [5, 5.41) is -0.152. The second-order valence-electron chi connectivity index (χ2n) is 14.1. The van der Waals surface area contributed by atoms with Crippen LogP contribution in [0.15, 0.2) is 18.4 Å². The van der Waals surface area contributed by atoms with Crippen LogP contribution in [0.3, 0.4) is 0 Å². The van der Waals surface area contributed by atoms with E-state index < -0.39 is 46.9 Å². The number of pyridine rings is 1. The van der Waals surface area contributed by atoms with Crippen LogP contribution in [0.1, 0.15) is 65.7 Å². The van der Waals surface area contributed by atoms with Crippen LogP contribution in [0.2, 0.25) is 5.15 Å². The van der Waals surface area contributed by atoms with Crippen molar-refractivity contribution in [2.24, 2.45) is 0 Å². The number of rotatable bonds is 5. The quantitative estimate of drug-likeness (QED) is 0.290. The SMILES string of the molecule is CC(C)(C)OC(=O)N1C2CCC1(C=C(F)F)CN(c1nc(OC[C@]34CCC5(CC5)N3C[C@@H](F)C4)nc3c(F)c(Cl)ncc13)C2. The van der Waals surface area contributed by atoms with E-state index in [9.17, 15) is 18.0 Å². The first-order valence-corrected chi connectivity index (χ1v) is 15.5. The van der Waals surface area contributed by atoms with E-state index in [0.717, 1.165) is 31.8 Å². The zero-order valence-electron chi connectivity index (χ0n) is 24.9. The number of piperazine rings is 1. The fourth-order valence-electron chi connectivity index (χ4n) is 8.09. The van der Waals surface area contributed by atoms with Crippen LogP contribution >= 0.6 is 11.6 Å². The number of hydrogen-bond acceptors (Lipinski definition) is 8. The average molecular weight is 639 g/mol. The normalized spacial score (nSPS) is 30.6.